The van der Waals surface area contributed by atoms with Crippen LogP contribution in [0.5, 0.6) is 0 Å². The first-order valence-electron chi connectivity index (χ1n) is 6.80. The lowest BCUT2D eigenvalue weighted by molar-refractivity contribution is -0.143. The smallest absolute Gasteiger partial charge is 0.325 e. The summed E-state index contributed by atoms with van der Waals surface area (Å²) in [6.45, 7) is 1.49. The van der Waals surface area contributed by atoms with Crippen molar-refractivity contribution in [2.75, 3.05) is 6.54 Å². The van der Waals surface area contributed by atoms with E-state index in [1.54, 1.807) is 6.92 Å². The molecule has 0 aliphatic rings. The van der Waals surface area contributed by atoms with Crippen LogP contribution < -0.4 is 5.32 Å². The van der Waals surface area contributed by atoms with Crippen LogP contribution in [0.4, 0.5) is 4.39 Å². The van der Waals surface area contributed by atoms with Gasteiger partial charge in [-0.2, -0.15) is 0 Å². The number of carbonyl (C=O) groups is 2. The Kier molecular flexibility index (Phi) is 5.25. The predicted octanol–water partition coefficient (Wildman–Crippen LogP) is 2.61. The third kappa shape index (κ3) is 4.41. The Morgan fingerprint density at radius 3 is 2.55 bits per heavy atom. The van der Waals surface area contributed by atoms with Crippen LogP contribution in [0.25, 0.3) is 0 Å². The van der Waals surface area contributed by atoms with E-state index in [2.05, 4.69) is 5.32 Å². The maximum absolute atomic E-state index is 13.4. The van der Waals surface area contributed by atoms with Crippen LogP contribution in [0.2, 0.25) is 0 Å². The Balaban J connectivity index is 1.80. The second kappa shape index (κ2) is 7.36. The minimum Gasteiger partial charge on any atom is -0.460 e. The first-order valence-corrected chi connectivity index (χ1v) is 6.80. The zero-order valence-electron chi connectivity index (χ0n) is 12.1. The van der Waals surface area contributed by atoms with E-state index in [-0.39, 0.29) is 18.7 Å². The first kappa shape index (κ1) is 15.7. The summed E-state index contributed by atoms with van der Waals surface area (Å²) in [4.78, 5) is 23.4. The lowest BCUT2D eigenvalue weighted by Gasteiger charge is -2.07. The topological polar surface area (TPSA) is 55.4 Å². The van der Waals surface area contributed by atoms with E-state index >= 15 is 0 Å². The van der Waals surface area contributed by atoms with Crippen LogP contribution in [0, 0.1) is 12.7 Å². The Bertz CT molecular complexity index is 671. The van der Waals surface area contributed by atoms with Gasteiger partial charge in [-0.1, -0.05) is 36.4 Å². The quantitative estimate of drug-likeness (QED) is 0.864. The number of hydrogen-bond donors (Lipinski definition) is 1. The maximum atomic E-state index is 13.4. The molecular formula is C17H16FNO3. The van der Waals surface area contributed by atoms with Gasteiger partial charge in [0.2, 0.25) is 0 Å². The van der Waals surface area contributed by atoms with E-state index in [1.165, 1.54) is 12.1 Å². The lowest BCUT2D eigenvalue weighted by atomic mass is 10.1. The largest absolute Gasteiger partial charge is 0.460 e. The SMILES string of the molecule is Cc1ccc(C(=O)NCC(=O)OCc2ccccc2)cc1F. The fraction of sp³-hybridized carbons (Fsp3) is 0.176. The summed E-state index contributed by atoms with van der Waals surface area (Å²) in [6, 6.07) is 13.4. The molecular weight excluding hydrogens is 285 g/mol. The van der Waals surface area contributed by atoms with Gasteiger partial charge in [0.25, 0.3) is 5.91 Å². The van der Waals surface area contributed by atoms with Gasteiger partial charge in [0.15, 0.2) is 0 Å². The summed E-state index contributed by atoms with van der Waals surface area (Å²) in [5, 5.41) is 2.40. The fourth-order valence-electron chi connectivity index (χ4n) is 1.78. The summed E-state index contributed by atoms with van der Waals surface area (Å²) >= 11 is 0. The molecule has 0 bridgehead atoms. The molecule has 4 nitrogen and oxygen atoms in total. The van der Waals surface area contributed by atoms with Crippen LogP contribution in [-0.4, -0.2) is 18.4 Å². The predicted molar refractivity (Wildman–Crippen MR) is 79.7 cm³/mol. The summed E-state index contributed by atoms with van der Waals surface area (Å²) in [6.07, 6.45) is 0. The molecule has 0 heterocycles. The van der Waals surface area contributed by atoms with E-state index < -0.39 is 17.7 Å². The highest BCUT2D eigenvalue weighted by atomic mass is 19.1. The molecule has 2 aromatic carbocycles. The molecule has 1 N–H and O–H groups in total. The Morgan fingerprint density at radius 2 is 1.86 bits per heavy atom. The molecule has 0 aromatic heterocycles. The van der Waals surface area contributed by atoms with Crippen LogP contribution >= 0.6 is 0 Å². The van der Waals surface area contributed by atoms with Crippen LogP contribution in [-0.2, 0) is 16.1 Å². The number of nitrogens with one attached hydrogen (secondary N) is 1. The molecule has 2 aromatic rings. The fourth-order valence-corrected chi connectivity index (χ4v) is 1.78. The Morgan fingerprint density at radius 1 is 1.14 bits per heavy atom. The van der Waals surface area contributed by atoms with Crippen LogP contribution in [0.15, 0.2) is 48.5 Å². The number of benzene rings is 2. The van der Waals surface area contributed by atoms with Crippen LogP contribution in [0.3, 0.4) is 0 Å². The van der Waals surface area contributed by atoms with Gasteiger partial charge in [-0.05, 0) is 30.2 Å². The second-order valence-electron chi connectivity index (χ2n) is 4.79. The van der Waals surface area contributed by atoms with Gasteiger partial charge < -0.3 is 10.1 Å². The van der Waals surface area contributed by atoms with Crippen LogP contribution in [0.1, 0.15) is 21.5 Å². The lowest BCUT2D eigenvalue weighted by Crippen LogP contribution is -2.30. The highest BCUT2D eigenvalue weighted by Gasteiger charge is 2.10. The number of amides is 1. The van der Waals surface area contributed by atoms with Gasteiger partial charge in [0.1, 0.15) is 19.0 Å². The second-order valence-corrected chi connectivity index (χ2v) is 4.79. The van der Waals surface area contributed by atoms with Crippen molar-refractivity contribution in [1.82, 2.24) is 5.32 Å². The third-order valence-corrected chi connectivity index (χ3v) is 3.07. The molecule has 0 spiro atoms. The number of halogens is 1. The van der Waals surface area contributed by atoms with E-state index in [4.69, 9.17) is 4.74 Å². The molecule has 0 fully saturated rings. The molecule has 0 unspecified atom stereocenters. The van der Waals surface area contributed by atoms with Gasteiger partial charge in [-0.3, -0.25) is 9.59 Å². The molecule has 0 saturated heterocycles. The van der Waals surface area contributed by atoms with Gasteiger partial charge >= 0.3 is 5.97 Å². The zero-order valence-corrected chi connectivity index (χ0v) is 12.1. The van der Waals surface area contributed by atoms with E-state index in [0.717, 1.165) is 11.6 Å². The third-order valence-electron chi connectivity index (χ3n) is 3.07. The number of esters is 1. The Labute approximate surface area is 127 Å². The zero-order chi connectivity index (χ0) is 15.9. The average molecular weight is 301 g/mol. The normalized spacial score (nSPS) is 10.1. The number of ether oxygens (including phenoxy) is 1. The summed E-state index contributed by atoms with van der Waals surface area (Å²) in [7, 11) is 0. The molecule has 0 saturated carbocycles. The summed E-state index contributed by atoms with van der Waals surface area (Å²) in [5.74, 6) is -1.53. The Hall–Kier alpha value is -2.69. The monoisotopic (exact) mass is 301 g/mol. The van der Waals surface area contributed by atoms with Gasteiger partial charge in [0.05, 0.1) is 0 Å². The minimum absolute atomic E-state index is 0.148. The average Bonchev–Trinajstić information content (AvgIpc) is 2.54. The summed E-state index contributed by atoms with van der Waals surface area (Å²) in [5.41, 5.74) is 1.49. The number of rotatable bonds is 5. The number of carbonyl (C=O) groups excluding carboxylic acids is 2. The molecule has 5 heteroatoms. The van der Waals surface area contributed by atoms with Crippen molar-refractivity contribution in [3.05, 3.63) is 71.0 Å². The standard InChI is InChI=1S/C17H16FNO3/c1-12-7-8-14(9-15(12)18)17(21)19-10-16(20)22-11-13-5-3-2-4-6-13/h2-9H,10-11H2,1H3,(H,19,21). The van der Waals surface area contributed by atoms with Crippen molar-refractivity contribution in [2.45, 2.75) is 13.5 Å². The molecule has 0 radical (unpaired) electrons. The van der Waals surface area contributed by atoms with Crippen molar-refractivity contribution in [1.29, 1.82) is 0 Å². The van der Waals surface area contributed by atoms with E-state index in [0.29, 0.717) is 5.56 Å². The molecule has 0 aliphatic heterocycles. The molecule has 2 rings (SSSR count). The highest BCUT2D eigenvalue weighted by Crippen LogP contribution is 2.09. The van der Waals surface area contributed by atoms with Crippen molar-refractivity contribution in [2.24, 2.45) is 0 Å². The van der Waals surface area contributed by atoms with Crippen molar-refractivity contribution in [3.8, 4) is 0 Å². The molecule has 0 atom stereocenters. The van der Waals surface area contributed by atoms with Gasteiger partial charge in [-0.15, -0.1) is 0 Å². The number of aryl methyl sites for hydroxylation is 1. The maximum Gasteiger partial charge on any atom is 0.325 e. The van der Waals surface area contributed by atoms with Crippen molar-refractivity contribution >= 4 is 11.9 Å². The van der Waals surface area contributed by atoms with Gasteiger partial charge in [-0.25, -0.2) is 4.39 Å². The highest BCUT2D eigenvalue weighted by molar-refractivity contribution is 5.95. The molecule has 22 heavy (non-hydrogen) atoms. The van der Waals surface area contributed by atoms with Gasteiger partial charge in [0, 0.05) is 5.56 Å². The molecule has 1 amide bonds. The van der Waals surface area contributed by atoms with E-state index in [1.807, 2.05) is 30.3 Å². The van der Waals surface area contributed by atoms with E-state index in [9.17, 15) is 14.0 Å². The number of hydrogen-bond acceptors (Lipinski definition) is 3. The summed E-state index contributed by atoms with van der Waals surface area (Å²) < 4.78 is 18.4. The minimum atomic E-state index is -0.551. The van der Waals surface area contributed by atoms with Crippen molar-refractivity contribution in [3.63, 3.8) is 0 Å². The molecule has 0 aliphatic carbocycles. The van der Waals surface area contributed by atoms with Crippen molar-refractivity contribution < 1.29 is 18.7 Å². The first-order chi connectivity index (χ1) is 10.6. The molecule has 114 valence electrons.